The number of fused-ring (bicyclic) bond motifs is 3. The van der Waals surface area contributed by atoms with Crippen molar-refractivity contribution in [1.82, 2.24) is 9.73 Å². The summed E-state index contributed by atoms with van der Waals surface area (Å²) < 4.78 is 36.5. The molecule has 5 rings (SSSR count). The summed E-state index contributed by atoms with van der Waals surface area (Å²) in [6.07, 6.45) is -1.17. The van der Waals surface area contributed by atoms with E-state index in [1.54, 1.807) is 36.4 Å². The second kappa shape index (κ2) is 7.26. The monoisotopic (exact) mass is 441 g/mol. The lowest BCUT2D eigenvalue weighted by atomic mass is 10.0. The molecule has 2 saturated heterocycles. The summed E-state index contributed by atoms with van der Waals surface area (Å²) in [4.78, 5) is 29.2. The Morgan fingerprint density at radius 3 is 2.32 bits per heavy atom. The number of ether oxygens (including phenoxy) is 2. The lowest BCUT2D eigenvalue weighted by molar-refractivity contribution is -0.0376. The van der Waals surface area contributed by atoms with Gasteiger partial charge in [-0.25, -0.2) is 0 Å². The highest BCUT2D eigenvalue weighted by atomic mass is 32.2. The predicted molar refractivity (Wildman–Crippen MR) is 109 cm³/mol. The molecule has 0 radical (unpaired) electrons. The standard InChI is InChI=1S/C21H19N3O6S/c1-12-6-8-13(9-7-12)31(27,28)23-22-16-10-17(18-11-29-21(16)30-18)24-19(25)14-4-2-3-5-15(14)20(24)26/h2-9,17-18,21,23H,10-11H2,1H3. The van der Waals surface area contributed by atoms with Crippen molar-refractivity contribution in [3.05, 3.63) is 65.2 Å². The first-order chi connectivity index (χ1) is 14.8. The van der Waals surface area contributed by atoms with Gasteiger partial charge in [0.25, 0.3) is 21.8 Å². The van der Waals surface area contributed by atoms with Crippen LogP contribution in [0.25, 0.3) is 0 Å². The number of hydrogen-bond acceptors (Lipinski definition) is 7. The van der Waals surface area contributed by atoms with Crippen LogP contribution >= 0.6 is 0 Å². The number of hydrogen-bond donors (Lipinski definition) is 1. The molecule has 2 aromatic carbocycles. The van der Waals surface area contributed by atoms with Crippen LogP contribution in [-0.4, -0.2) is 55.9 Å². The summed E-state index contributed by atoms with van der Waals surface area (Å²) in [7, 11) is -3.89. The first-order valence-electron chi connectivity index (χ1n) is 9.74. The van der Waals surface area contributed by atoms with Gasteiger partial charge in [0.2, 0.25) is 0 Å². The number of imide groups is 1. The zero-order valence-electron chi connectivity index (χ0n) is 16.5. The highest BCUT2D eigenvalue weighted by Gasteiger charge is 2.50. The van der Waals surface area contributed by atoms with Crippen molar-refractivity contribution in [3.63, 3.8) is 0 Å². The summed E-state index contributed by atoms with van der Waals surface area (Å²) >= 11 is 0. The van der Waals surface area contributed by atoms with Gasteiger partial charge >= 0.3 is 0 Å². The van der Waals surface area contributed by atoms with Crippen LogP contribution in [0.2, 0.25) is 0 Å². The minimum atomic E-state index is -3.89. The number of rotatable bonds is 4. The van der Waals surface area contributed by atoms with Gasteiger partial charge in [0.1, 0.15) is 6.10 Å². The first kappa shape index (κ1) is 19.9. The number of carbonyl (C=O) groups is 2. The summed E-state index contributed by atoms with van der Waals surface area (Å²) in [6, 6.07) is 12.3. The van der Waals surface area contributed by atoms with Crippen LogP contribution in [0, 0.1) is 6.92 Å². The van der Waals surface area contributed by atoms with Crippen molar-refractivity contribution in [2.75, 3.05) is 6.61 Å². The SMILES string of the molecule is Cc1ccc(S(=O)(=O)NN=C2CC(N3C(=O)c4ccccc4C3=O)C3COC2O3)cc1. The number of aryl methyl sites for hydroxylation is 1. The highest BCUT2D eigenvalue weighted by molar-refractivity contribution is 7.89. The third-order valence-electron chi connectivity index (χ3n) is 5.63. The molecular formula is C21H19N3O6S. The van der Waals surface area contributed by atoms with Crippen LogP contribution in [0.3, 0.4) is 0 Å². The van der Waals surface area contributed by atoms with Crippen LogP contribution in [-0.2, 0) is 19.5 Å². The molecule has 31 heavy (non-hydrogen) atoms. The minimum absolute atomic E-state index is 0.0706. The van der Waals surface area contributed by atoms with E-state index in [1.165, 1.54) is 17.0 Å². The molecule has 0 aliphatic carbocycles. The van der Waals surface area contributed by atoms with E-state index in [-0.39, 0.29) is 23.6 Å². The summed E-state index contributed by atoms with van der Waals surface area (Å²) in [6.45, 7) is 2.03. The van der Waals surface area contributed by atoms with Crippen LogP contribution < -0.4 is 4.83 Å². The third kappa shape index (κ3) is 3.32. The van der Waals surface area contributed by atoms with Gasteiger partial charge in [-0.2, -0.15) is 18.4 Å². The largest absolute Gasteiger partial charge is 0.344 e. The molecule has 3 unspecified atom stereocenters. The third-order valence-corrected chi connectivity index (χ3v) is 6.85. The molecule has 1 N–H and O–H groups in total. The molecule has 2 amide bonds. The van der Waals surface area contributed by atoms with Gasteiger partial charge in [0.15, 0.2) is 6.29 Å². The van der Waals surface area contributed by atoms with Gasteiger partial charge in [-0.05, 0) is 31.2 Å². The molecule has 0 spiro atoms. The maximum atomic E-state index is 12.9. The van der Waals surface area contributed by atoms with Crippen molar-refractivity contribution >= 4 is 27.5 Å². The van der Waals surface area contributed by atoms with Crippen LogP contribution in [0.15, 0.2) is 58.5 Å². The van der Waals surface area contributed by atoms with E-state index in [2.05, 4.69) is 9.93 Å². The number of amides is 2. The molecule has 10 heteroatoms. The first-order valence-corrected chi connectivity index (χ1v) is 11.2. The zero-order valence-corrected chi connectivity index (χ0v) is 17.3. The number of benzene rings is 2. The Morgan fingerprint density at radius 1 is 1.03 bits per heavy atom. The zero-order chi connectivity index (χ0) is 21.8. The van der Waals surface area contributed by atoms with Gasteiger partial charge in [-0.3, -0.25) is 14.5 Å². The van der Waals surface area contributed by atoms with E-state index < -0.39 is 40.3 Å². The molecule has 3 aliphatic rings. The molecule has 2 bridgehead atoms. The van der Waals surface area contributed by atoms with Crippen molar-refractivity contribution in [2.45, 2.75) is 36.7 Å². The smallest absolute Gasteiger partial charge is 0.276 e. The van der Waals surface area contributed by atoms with Crippen molar-refractivity contribution < 1.29 is 27.5 Å². The molecular weight excluding hydrogens is 422 g/mol. The van der Waals surface area contributed by atoms with Crippen molar-refractivity contribution in [3.8, 4) is 0 Å². The summed E-state index contributed by atoms with van der Waals surface area (Å²) in [5.41, 5.74) is 1.88. The normalized spacial score (nSPS) is 26.4. The van der Waals surface area contributed by atoms with Crippen molar-refractivity contribution in [2.24, 2.45) is 5.10 Å². The fourth-order valence-electron chi connectivity index (χ4n) is 3.99. The summed E-state index contributed by atoms with van der Waals surface area (Å²) in [5, 5.41) is 4.03. The Labute approximate surface area is 178 Å². The lowest BCUT2D eigenvalue weighted by Gasteiger charge is -2.33. The second-order valence-electron chi connectivity index (χ2n) is 7.65. The molecule has 3 heterocycles. The Kier molecular flexibility index (Phi) is 4.65. The topological polar surface area (TPSA) is 114 Å². The van der Waals surface area contributed by atoms with Gasteiger partial charge in [0, 0.05) is 6.42 Å². The van der Waals surface area contributed by atoms with E-state index in [1.807, 2.05) is 6.92 Å². The van der Waals surface area contributed by atoms with Crippen LogP contribution in [0.4, 0.5) is 0 Å². The Balaban J connectivity index is 1.40. The lowest BCUT2D eigenvalue weighted by Crippen LogP contribution is -2.52. The van der Waals surface area contributed by atoms with Gasteiger partial charge in [-0.15, -0.1) is 0 Å². The molecule has 160 valence electrons. The number of sulfonamides is 1. The number of nitrogens with one attached hydrogen (secondary N) is 1. The summed E-state index contributed by atoms with van der Waals surface area (Å²) in [5.74, 6) is -0.807. The van der Waals surface area contributed by atoms with E-state index in [9.17, 15) is 18.0 Å². The van der Waals surface area contributed by atoms with E-state index >= 15 is 0 Å². The number of nitrogens with zero attached hydrogens (tertiary/aromatic N) is 2. The predicted octanol–water partition coefficient (Wildman–Crippen LogP) is 1.44. The molecule has 2 aromatic rings. The van der Waals surface area contributed by atoms with Crippen LogP contribution in [0.1, 0.15) is 32.7 Å². The number of carbonyl (C=O) groups excluding carboxylic acids is 2. The van der Waals surface area contributed by atoms with E-state index in [0.29, 0.717) is 11.1 Å². The fourth-order valence-corrected chi connectivity index (χ4v) is 4.83. The van der Waals surface area contributed by atoms with Crippen LogP contribution in [0.5, 0.6) is 0 Å². The molecule has 9 nitrogen and oxygen atoms in total. The second-order valence-corrected chi connectivity index (χ2v) is 9.31. The molecule has 0 aromatic heterocycles. The fraction of sp³-hybridized carbons (Fsp3) is 0.286. The van der Waals surface area contributed by atoms with E-state index in [0.717, 1.165) is 5.56 Å². The maximum Gasteiger partial charge on any atom is 0.276 e. The minimum Gasteiger partial charge on any atom is -0.344 e. The van der Waals surface area contributed by atoms with Gasteiger partial charge < -0.3 is 9.47 Å². The average molecular weight is 441 g/mol. The molecule has 3 atom stereocenters. The Bertz CT molecular complexity index is 1170. The van der Waals surface area contributed by atoms with Crippen molar-refractivity contribution in [1.29, 1.82) is 0 Å². The van der Waals surface area contributed by atoms with Gasteiger partial charge in [0.05, 0.1) is 34.4 Å². The number of hydrazone groups is 1. The molecule has 0 saturated carbocycles. The quantitative estimate of drug-likeness (QED) is 0.567. The van der Waals surface area contributed by atoms with Gasteiger partial charge in [-0.1, -0.05) is 29.8 Å². The Morgan fingerprint density at radius 2 is 1.68 bits per heavy atom. The average Bonchev–Trinajstić information content (AvgIpc) is 3.29. The maximum absolute atomic E-state index is 12.9. The van der Waals surface area contributed by atoms with E-state index in [4.69, 9.17) is 9.47 Å². The highest BCUT2D eigenvalue weighted by Crippen LogP contribution is 2.34. The molecule has 3 aliphatic heterocycles. The molecule has 2 fully saturated rings. The Hall–Kier alpha value is -3.08.